The SMILES string of the molecule is CN(Cc1ccc(N2CCOCC2)cc1)C(=O)c1ccc(Cl)c(S(=O)(=O)N2CCCC2)c1. The number of morpholine rings is 1. The summed E-state index contributed by atoms with van der Waals surface area (Å²) in [6.45, 7) is 4.59. The highest BCUT2D eigenvalue weighted by Gasteiger charge is 2.30. The Morgan fingerprint density at radius 1 is 1.03 bits per heavy atom. The van der Waals surface area contributed by atoms with Crippen LogP contribution < -0.4 is 4.90 Å². The Kier molecular flexibility index (Phi) is 7.05. The number of benzene rings is 2. The molecule has 0 aliphatic carbocycles. The van der Waals surface area contributed by atoms with Gasteiger partial charge in [-0.2, -0.15) is 4.31 Å². The molecule has 0 unspecified atom stereocenters. The highest BCUT2D eigenvalue weighted by molar-refractivity contribution is 7.89. The minimum absolute atomic E-state index is 0.00446. The van der Waals surface area contributed by atoms with Crippen LogP contribution in [-0.4, -0.2) is 70.0 Å². The first-order valence-electron chi connectivity index (χ1n) is 10.8. The highest BCUT2D eigenvalue weighted by atomic mass is 35.5. The topological polar surface area (TPSA) is 70.2 Å². The van der Waals surface area contributed by atoms with E-state index in [4.69, 9.17) is 16.3 Å². The number of hydrogen-bond acceptors (Lipinski definition) is 5. The van der Waals surface area contributed by atoms with E-state index in [-0.39, 0.29) is 15.8 Å². The van der Waals surface area contributed by atoms with Crippen LogP contribution in [0.5, 0.6) is 0 Å². The van der Waals surface area contributed by atoms with Crippen molar-refractivity contribution in [2.45, 2.75) is 24.3 Å². The Hall–Kier alpha value is -2.13. The largest absolute Gasteiger partial charge is 0.378 e. The van der Waals surface area contributed by atoms with E-state index in [9.17, 15) is 13.2 Å². The van der Waals surface area contributed by atoms with Gasteiger partial charge in [0.05, 0.1) is 18.2 Å². The molecule has 2 aliphatic rings. The molecule has 4 rings (SSSR count). The van der Waals surface area contributed by atoms with Gasteiger partial charge in [0.25, 0.3) is 5.91 Å². The minimum Gasteiger partial charge on any atom is -0.378 e. The second kappa shape index (κ2) is 9.79. The molecule has 2 fully saturated rings. The lowest BCUT2D eigenvalue weighted by atomic mass is 10.1. The fourth-order valence-corrected chi connectivity index (χ4v) is 6.12. The zero-order valence-electron chi connectivity index (χ0n) is 18.2. The van der Waals surface area contributed by atoms with Gasteiger partial charge in [-0.15, -0.1) is 0 Å². The molecule has 1 amide bonds. The van der Waals surface area contributed by atoms with Gasteiger partial charge in [0.1, 0.15) is 4.90 Å². The Labute approximate surface area is 194 Å². The van der Waals surface area contributed by atoms with Crippen LogP contribution in [0, 0.1) is 0 Å². The van der Waals surface area contributed by atoms with E-state index >= 15 is 0 Å². The summed E-state index contributed by atoms with van der Waals surface area (Å²) >= 11 is 6.21. The third-order valence-electron chi connectivity index (χ3n) is 5.94. The first-order valence-corrected chi connectivity index (χ1v) is 12.6. The number of rotatable bonds is 6. The molecule has 2 aromatic carbocycles. The quantitative estimate of drug-likeness (QED) is 0.638. The van der Waals surface area contributed by atoms with E-state index in [0.29, 0.717) is 25.2 Å². The number of carbonyl (C=O) groups excluding carboxylic acids is 1. The van der Waals surface area contributed by atoms with Gasteiger partial charge in [-0.05, 0) is 48.7 Å². The monoisotopic (exact) mass is 477 g/mol. The summed E-state index contributed by atoms with van der Waals surface area (Å²) in [5.41, 5.74) is 2.44. The van der Waals surface area contributed by atoms with Crippen LogP contribution in [0.15, 0.2) is 47.4 Å². The molecule has 2 heterocycles. The molecule has 2 aromatic rings. The van der Waals surface area contributed by atoms with E-state index in [1.165, 1.54) is 16.4 Å². The van der Waals surface area contributed by atoms with Crippen molar-refractivity contribution in [3.8, 4) is 0 Å². The van der Waals surface area contributed by atoms with Gasteiger partial charge in [-0.3, -0.25) is 4.79 Å². The van der Waals surface area contributed by atoms with Crippen LogP contribution >= 0.6 is 11.6 Å². The molecule has 32 heavy (non-hydrogen) atoms. The molecule has 2 saturated heterocycles. The highest BCUT2D eigenvalue weighted by Crippen LogP contribution is 2.28. The van der Waals surface area contributed by atoms with E-state index in [1.54, 1.807) is 18.0 Å². The Morgan fingerprint density at radius 3 is 2.34 bits per heavy atom. The van der Waals surface area contributed by atoms with Crippen LogP contribution in [0.4, 0.5) is 5.69 Å². The summed E-state index contributed by atoms with van der Waals surface area (Å²) in [5.74, 6) is -0.253. The average molecular weight is 478 g/mol. The Morgan fingerprint density at radius 2 is 1.69 bits per heavy atom. The summed E-state index contributed by atoms with van der Waals surface area (Å²) < 4.78 is 32.7. The van der Waals surface area contributed by atoms with Crippen LogP contribution in [-0.2, 0) is 21.3 Å². The summed E-state index contributed by atoms with van der Waals surface area (Å²) in [6, 6.07) is 12.6. The zero-order valence-corrected chi connectivity index (χ0v) is 19.7. The maximum absolute atomic E-state index is 13.0. The number of ether oxygens (including phenoxy) is 1. The number of anilines is 1. The maximum atomic E-state index is 13.0. The number of halogens is 1. The molecule has 0 atom stereocenters. The minimum atomic E-state index is -3.71. The molecular weight excluding hydrogens is 450 g/mol. The molecule has 172 valence electrons. The third kappa shape index (κ3) is 4.93. The van der Waals surface area contributed by atoms with Crippen molar-refractivity contribution in [1.82, 2.24) is 9.21 Å². The molecular formula is C23H28ClN3O4S. The lowest BCUT2D eigenvalue weighted by Gasteiger charge is -2.29. The smallest absolute Gasteiger partial charge is 0.253 e. The summed E-state index contributed by atoms with van der Waals surface area (Å²) in [5, 5.41) is 0.134. The van der Waals surface area contributed by atoms with Crippen LogP contribution in [0.3, 0.4) is 0 Å². The number of carbonyl (C=O) groups is 1. The number of nitrogens with zero attached hydrogens (tertiary/aromatic N) is 3. The molecule has 0 saturated carbocycles. The van der Waals surface area contributed by atoms with E-state index < -0.39 is 10.0 Å². The third-order valence-corrected chi connectivity index (χ3v) is 8.32. The molecule has 2 aliphatic heterocycles. The van der Waals surface area contributed by atoms with Gasteiger partial charge < -0.3 is 14.5 Å². The standard InChI is InChI=1S/C23H28ClN3O4S/c1-25(17-18-4-7-20(8-5-18)26-12-14-31-15-13-26)23(28)19-6-9-21(24)22(16-19)32(29,30)27-10-2-3-11-27/h4-9,16H,2-3,10-15,17H2,1H3. The van der Waals surface area contributed by atoms with Gasteiger partial charge in [0, 0.05) is 51.0 Å². The van der Waals surface area contributed by atoms with E-state index in [0.717, 1.165) is 50.4 Å². The number of amides is 1. The molecule has 0 spiro atoms. The average Bonchev–Trinajstić information content (AvgIpc) is 3.36. The summed E-state index contributed by atoms with van der Waals surface area (Å²) in [7, 11) is -2.00. The number of sulfonamides is 1. The fraction of sp³-hybridized carbons (Fsp3) is 0.435. The molecule has 0 aromatic heterocycles. The second-order valence-corrected chi connectivity index (χ2v) is 10.5. The van der Waals surface area contributed by atoms with Crippen molar-refractivity contribution >= 4 is 33.2 Å². The second-order valence-electron chi connectivity index (χ2n) is 8.18. The van der Waals surface area contributed by atoms with Gasteiger partial charge in [-0.25, -0.2) is 8.42 Å². The molecule has 0 bridgehead atoms. The predicted octanol–water partition coefficient (Wildman–Crippen LogP) is 3.23. The van der Waals surface area contributed by atoms with Crippen molar-refractivity contribution in [2.24, 2.45) is 0 Å². The summed E-state index contributed by atoms with van der Waals surface area (Å²) in [4.78, 5) is 16.9. The van der Waals surface area contributed by atoms with Gasteiger partial charge in [-0.1, -0.05) is 23.7 Å². The van der Waals surface area contributed by atoms with Crippen LogP contribution in [0.25, 0.3) is 0 Å². The molecule has 0 radical (unpaired) electrons. The van der Waals surface area contributed by atoms with Crippen molar-refractivity contribution in [3.63, 3.8) is 0 Å². The molecule has 0 N–H and O–H groups in total. The van der Waals surface area contributed by atoms with Gasteiger partial charge in [0.2, 0.25) is 10.0 Å². The van der Waals surface area contributed by atoms with Crippen molar-refractivity contribution in [2.75, 3.05) is 51.3 Å². The lowest BCUT2D eigenvalue weighted by molar-refractivity contribution is 0.0785. The van der Waals surface area contributed by atoms with E-state index in [2.05, 4.69) is 17.0 Å². The Bertz CT molecular complexity index is 1060. The maximum Gasteiger partial charge on any atom is 0.253 e. The van der Waals surface area contributed by atoms with Gasteiger partial charge in [0.15, 0.2) is 0 Å². The summed E-state index contributed by atoms with van der Waals surface area (Å²) in [6.07, 6.45) is 1.67. The van der Waals surface area contributed by atoms with Crippen LogP contribution in [0.2, 0.25) is 5.02 Å². The first kappa shape index (κ1) is 23.0. The number of hydrogen-bond donors (Lipinski definition) is 0. The predicted molar refractivity (Wildman–Crippen MR) is 125 cm³/mol. The van der Waals surface area contributed by atoms with Gasteiger partial charge >= 0.3 is 0 Å². The first-order chi connectivity index (χ1) is 15.4. The van der Waals surface area contributed by atoms with Crippen molar-refractivity contribution in [3.05, 3.63) is 58.6 Å². The Balaban J connectivity index is 1.47. The van der Waals surface area contributed by atoms with Crippen molar-refractivity contribution < 1.29 is 17.9 Å². The zero-order chi connectivity index (χ0) is 22.7. The van der Waals surface area contributed by atoms with Crippen LogP contribution in [0.1, 0.15) is 28.8 Å². The van der Waals surface area contributed by atoms with E-state index in [1.807, 2.05) is 12.1 Å². The van der Waals surface area contributed by atoms with Crippen molar-refractivity contribution in [1.29, 1.82) is 0 Å². The fourth-order valence-electron chi connectivity index (χ4n) is 4.10. The lowest BCUT2D eigenvalue weighted by Crippen LogP contribution is -2.36. The molecule has 7 nitrogen and oxygen atoms in total. The normalized spacial score (nSPS) is 17.5. The molecule has 9 heteroatoms.